The van der Waals surface area contributed by atoms with Crippen molar-refractivity contribution in [1.29, 1.82) is 0 Å². The van der Waals surface area contributed by atoms with Gasteiger partial charge in [0.2, 0.25) is 0 Å². The molecule has 23 heavy (non-hydrogen) atoms. The molecule has 0 aliphatic heterocycles. The van der Waals surface area contributed by atoms with Gasteiger partial charge in [-0.2, -0.15) is 22.0 Å². The molecule has 1 aromatic carbocycles. The van der Waals surface area contributed by atoms with Crippen LogP contribution in [0, 0.1) is 0 Å². The Morgan fingerprint density at radius 3 is 1.83 bits per heavy atom. The van der Waals surface area contributed by atoms with Crippen molar-refractivity contribution in [2.45, 2.75) is 11.6 Å². The second kappa shape index (κ2) is 5.96. The second-order valence-electron chi connectivity index (χ2n) is 4.41. The Balaban J connectivity index is 2.62. The molecule has 10 heteroatoms. The van der Waals surface area contributed by atoms with Crippen LogP contribution in [0.2, 0.25) is 10.0 Å². The fourth-order valence-electron chi connectivity index (χ4n) is 1.80. The predicted octanol–water partition coefficient (Wildman–Crippen LogP) is 5.45. The number of aromatic nitrogens is 1. The topological polar surface area (TPSA) is 22.0 Å². The van der Waals surface area contributed by atoms with Crippen molar-refractivity contribution in [1.82, 2.24) is 4.57 Å². The van der Waals surface area contributed by atoms with Crippen molar-refractivity contribution >= 4 is 34.8 Å². The third kappa shape index (κ3) is 3.79. The SMILES string of the molecule is O=c1cc(C(F)(F)Cl)ccn1-c1c(Cl)cc(C(F)(F)F)cc1Cl. The first-order valence-corrected chi connectivity index (χ1v) is 6.91. The zero-order chi connectivity index (χ0) is 17.6. The van der Waals surface area contributed by atoms with Gasteiger partial charge in [0.15, 0.2) is 0 Å². The van der Waals surface area contributed by atoms with E-state index in [0.29, 0.717) is 18.2 Å². The molecule has 0 radical (unpaired) electrons. The lowest BCUT2D eigenvalue weighted by molar-refractivity contribution is -0.137. The molecule has 0 N–H and O–H groups in total. The van der Waals surface area contributed by atoms with Gasteiger partial charge in [0.25, 0.3) is 5.56 Å². The van der Waals surface area contributed by atoms with Crippen LogP contribution in [0.4, 0.5) is 22.0 Å². The normalized spacial score (nSPS) is 12.5. The Kier molecular flexibility index (Phi) is 4.67. The van der Waals surface area contributed by atoms with E-state index in [-0.39, 0.29) is 5.69 Å². The van der Waals surface area contributed by atoms with Crippen molar-refractivity contribution in [3.05, 3.63) is 62.0 Å². The highest BCUT2D eigenvalue weighted by Gasteiger charge is 2.32. The van der Waals surface area contributed by atoms with Crippen LogP contribution in [-0.2, 0) is 11.6 Å². The molecule has 0 saturated heterocycles. The molecule has 0 unspecified atom stereocenters. The maximum Gasteiger partial charge on any atom is 0.416 e. The fourth-order valence-corrected chi connectivity index (χ4v) is 2.59. The smallest absolute Gasteiger partial charge is 0.281 e. The summed E-state index contributed by atoms with van der Waals surface area (Å²) in [7, 11) is 0. The molecule has 1 aromatic heterocycles. The summed E-state index contributed by atoms with van der Waals surface area (Å²) in [5, 5.41) is -4.68. The van der Waals surface area contributed by atoms with E-state index in [1.54, 1.807) is 0 Å². The summed E-state index contributed by atoms with van der Waals surface area (Å²) < 4.78 is 64.6. The highest BCUT2D eigenvalue weighted by atomic mass is 35.5. The minimum absolute atomic E-state index is 0.254. The van der Waals surface area contributed by atoms with Crippen molar-refractivity contribution in [2.75, 3.05) is 0 Å². The number of halogens is 8. The van der Waals surface area contributed by atoms with Crippen molar-refractivity contribution in [2.24, 2.45) is 0 Å². The zero-order valence-electron chi connectivity index (χ0n) is 10.8. The van der Waals surface area contributed by atoms with E-state index in [4.69, 9.17) is 34.8 Å². The van der Waals surface area contributed by atoms with E-state index in [0.717, 1.165) is 16.8 Å². The molecule has 0 spiro atoms. The average molecular weight is 393 g/mol. The average Bonchev–Trinajstić information content (AvgIpc) is 2.37. The number of hydrogen-bond acceptors (Lipinski definition) is 1. The molecule has 0 fully saturated rings. The lowest BCUT2D eigenvalue weighted by Crippen LogP contribution is -2.20. The van der Waals surface area contributed by atoms with Gasteiger partial charge in [-0.1, -0.05) is 23.2 Å². The minimum Gasteiger partial charge on any atom is -0.281 e. The van der Waals surface area contributed by atoms with Crippen LogP contribution in [-0.4, -0.2) is 4.57 Å². The molecule has 2 rings (SSSR count). The molecule has 124 valence electrons. The minimum atomic E-state index is -4.68. The van der Waals surface area contributed by atoms with Gasteiger partial charge in [-0.15, -0.1) is 0 Å². The maximum atomic E-state index is 13.0. The standard InChI is InChI=1S/C13H5Cl3F5NO/c14-8-3-7(13(19,20)21)4-9(15)11(8)22-2-1-6(5-10(22)23)12(16,17)18/h1-5H. The van der Waals surface area contributed by atoms with Crippen molar-refractivity contribution in [3.8, 4) is 5.69 Å². The summed E-state index contributed by atoms with van der Waals surface area (Å²) in [6, 6.07) is 2.54. The maximum absolute atomic E-state index is 13.0. The number of pyridine rings is 1. The van der Waals surface area contributed by atoms with Gasteiger partial charge in [-0.3, -0.25) is 9.36 Å². The second-order valence-corrected chi connectivity index (χ2v) is 5.70. The first-order valence-electron chi connectivity index (χ1n) is 5.78. The molecule has 2 nitrogen and oxygen atoms in total. The summed E-state index contributed by atoms with van der Waals surface area (Å²) in [5.74, 6) is 0. The van der Waals surface area contributed by atoms with Gasteiger partial charge >= 0.3 is 11.6 Å². The van der Waals surface area contributed by atoms with E-state index in [9.17, 15) is 26.7 Å². The van der Waals surface area contributed by atoms with E-state index in [1.165, 1.54) is 0 Å². The number of benzene rings is 1. The van der Waals surface area contributed by atoms with Crippen molar-refractivity contribution in [3.63, 3.8) is 0 Å². The van der Waals surface area contributed by atoms with Gasteiger partial charge in [0.05, 0.1) is 21.3 Å². The van der Waals surface area contributed by atoms with E-state index in [1.807, 2.05) is 0 Å². The van der Waals surface area contributed by atoms with Crippen LogP contribution in [0.25, 0.3) is 5.69 Å². The van der Waals surface area contributed by atoms with E-state index < -0.39 is 38.3 Å². The number of alkyl halides is 6. The molecule has 0 aliphatic carbocycles. The molecule has 2 aromatic rings. The third-order valence-electron chi connectivity index (χ3n) is 2.83. The van der Waals surface area contributed by atoms with Gasteiger partial charge in [-0.05, 0) is 29.8 Å². The van der Waals surface area contributed by atoms with Crippen LogP contribution in [0.3, 0.4) is 0 Å². The number of nitrogens with zero attached hydrogens (tertiary/aromatic N) is 1. The van der Waals surface area contributed by atoms with Gasteiger partial charge in [0, 0.05) is 17.8 Å². The molecule has 0 atom stereocenters. The van der Waals surface area contributed by atoms with Gasteiger partial charge in [0.1, 0.15) is 0 Å². The fraction of sp³-hybridized carbons (Fsp3) is 0.154. The lowest BCUT2D eigenvalue weighted by Gasteiger charge is -2.15. The lowest BCUT2D eigenvalue weighted by atomic mass is 10.2. The van der Waals surface area contributed by atoms with Crippen LogP contribution < -0.4 is 5.56 Å². The molecule has 0 amide bonds. The van der Waals surface area contributed by atoms with Crippen molar-refractivity contribution < 1.29 is 22.0 Å². The summed E-state index contributed by atoms with van der Waals surface area (Å²) in [4.78, 5) is 11.9. The van der Waals surface area contributed by atoms with Gasteiger partial charge in [-0.25, -0.2) is 0 Å². The van der Waals surface area contributed by atoms with Crippen LogP contribution in [0.1, 0.15) is 11.1 Å². The highest BCUT2D eigenvalue weighted by molar-refractivity contribution is 6.37. The highest BCUT2D eigenvalue weighted by Crippen LogP contribution is 2.37. The Morgan fingerprint density at radius 1 is 0.913 bits per heavy atom. The van der Waals surface area contributed by atoms with Gasteiger partial charge < -0.3 is 0 Å². The molecule has 0 bridgehead atoms. The third-order valence-corrected chi connectivity index (χ3v) is 3.63. The molecular formula is C13H5Cl3F5NO. The molecule has 0 aliphatic rings. The van der Waals surface area contributed by atoms with E-state index in [2.05, 4.69) is 0 Å². The predicted molar refractivity (Wildman–Crippen MR) is 76.8 cm³/mol. The molecule has 1 heterocycles. The first kappa shape index (κ1) is 18.0. The monoisotopic (exact) mass is 391 g/mol. The number of rotatable bonds is 2. The largest absolute Gasteiger partial charge is 0.416 e. The zero-order valence-corrected chi connectivity index (χ0v) is 13.0. The summed E-state index contributed by atoms with van der Waals surface area (Å²) in [6.07, 6.45) is -3.78. The van der Waals surface area contributed by atoms with Crippen LogP contribution in [0.15, 0.2) is 35.3 Å². The summed E-state index contributed by atoms with van der Waals surface area (Å²) in [5.41, 5.74) is -3.10. The Bertz CT molecular complexity index is 787. The summed E-state index contributed by atoms with van der Waals surface area (Å²) in [6.45, 7) is 0. The van der Waals surface area contributed by atoms with Crippen LogP contribution in [0.5, 0.6) is 0 Å². The Hall–Kier alpha value is -1.31. The molecular weight excluding hydrogens is 387 g/mol. The molecule has 0 saturated carbocycles. The first-order chi connectivity index (χ1) is 10.4. The summed E-state index contributed by atoms with van der Waals surface area (Å²) >= 11 is 16.3. The quantitative estimate of drug-likeness (QED) is 0.492. The Morgan fingerprint density at radius 2 is 1.43 bits per heavy atom. The van der Waals surface area contributed by atoms with E-state index >= 15 is 0 Å². The number of hydrogen-bond donors (Lipinski definition) is 0. The van der Waals surface area contributed by atoms with Crippen LogP contribution >= 0.6 is 34.8 Å². The Labute approximate surface area is 141 Å².